The average Bonchev–Trinajstić information content (AvgIpc) is 2.44. The average molecular weight is 193 g/mol. The van der Waals surface area contributed by atoms with Gasteiger partial charge in [-0.3, -0.25) is 4.68 Å². The Morgan fingerprint density at radius 3 is 2.71 bits per heavy atom. The lowest BCUT2D eigenvalue weighted by atomic mass is 10.1. The van der Waals surface area contributed by atoms with E-state index >= 15 is 0 Å². The molecule has 3 nitrogen and oxygen atoms in total. The summed E-state index contributed by atoms with van der Waals surface area (Å²) in [4.78, 5) is 0. The highest BCUT2D eigenvalue weighted by Crippen LogP contribution is 2.12. The Kier molecular flexibility index (Phi) is 3.47. The van der Waals surface area contributed by atoms with Gasteiger partial charge in [-0.2, -0.15) is 5.10 Å². The topological polar surface area (TPSA) is 29.9 Å². The van der Waals surface area contributed by atoms with Gasteiger partial charge in [-0.15, -0.1) is 0 Å². The van der Waals surface area contributed by atoms with Crippen LogP contribution in [0.3, 0.4) is 0 Å². The quantitative estimate of drug-likeness (QED) is 0.792. The largest absolute Gasteiger partial charge is 0.314 e. The molecule has 0 radical (unpaired) electrons. The predicted molar refractivity (Wildman–Crippen MR) is 60.1 cm³/mol. The minimum atomic E-state index is 0.412. The van der Waals surface area contributed by atoms with Gasteiger partial charge in [0, 0.05) is 24.8 Å². The third-order valence-corrected chi connectivity index (χ3v) is 2.55. The SMILES string of the molecule is CNC(C)C(C)=Cc1cn(C)nc1C. The second-order valence-corrected chi connectivity index (χ2v) is 3.74. The van der Waals surface area contributed by atoms with Gasteiger partial charge in [0.05, 0.1) is 5.69 Å². The van der Waals surface area contributed by atoms with E-state index in [-0.39, 0.29) is 0 Å². The van der Waals surface area contributed by atoms with Crippen molar-refractivity contribution >= 4 is 6.08 Å². The fraction of sp³-hybridized carbons (Fsp3) is 0.545. The van der Waals surface area contributed by atoms with E-state index in [2.05, 4.69) is 30.3 Å². The van der Waals surface area contributed by atoms with E-state index in [9.17, 15) is 0 Å². The van der Waals surface area contributed by atoms with Crippen molar-refractivity contribution in [2.75, 3.05) is 7.05 Å². The van der Waals surface area contributed by atoms with Crippen LogP contribution < -0.4 is 5.32 Å². The third-order valence-electron chi connectivity index (χ3n) is 2.55. The molecular weight excluding hydrogens is 174 g/mol. The van der Waals surface area contributed by atoms with Crippen LogP contribution in [-0.4, -0.2) is 22.9 Å². The number of hydrogen-bond donors (Lipinski definition) is 1. The molecule has 0 saturated heterocycles. The first-order valence-corrected chi connectivity index (χ1v) is 4.90. The molecule has 0 aliphatic carbocycles. The lowest BCUT2D eigenvalue weighted by Gasteiger charge is -2.09. The van der Waals surface area contributed by atoms with E-state index in [4.69, 9.17) is 0 Å². The van der Waals surface area contributed by atoms with Crippen LogP contribution in [0.4, 0.5) is 0 Å². The van der Waals surface area contributed by atoms with E-state index in [1.807, 2.05) is 31.9 Å². The van der Waals surface area contributed by atoms with Crippen LogP contribution in [0.2, 0.25) is 0 Å². The van der Waals surface area contributed by atoms with Crippen molar-refractivity contribution in [3.63, 3.8) is 0 Å². The monoisotopic (exact) mass is 193 g/mol. The minimum absolute atomic E-state index is 0.412. The highest BCUT2D eigenvalue weighted by atomic mass is 15.2. The number of nitrogens with one attached hydrogen (secondary N) is 1. The van der Waals surface area contributed by atoms with Gasteiger partial charge in [-0.05, 0) is 27.8 Å². The minimum Gasteiger partial charge on any atom is -0.314 e. The molecule has 0 spiro atoms. The van der Waals surface area contributed by atoms with Crippen molar-refractivity contribution < 1.29 is 0 Å². The molecule has 1 heterocycles. The summed E-state index contributed by atoms with van der Waals surface area (Å²) in [5.74, 6) is 0. The van der Waals surface area contributed by atoms with Gasteiger partial charge >= 0.3 is 0 Å². The van der Waals surface area contributed by atoms with Crippen LogP contribution >= 0.6 is 0 Å². The molecule has 1 N–H and O–H groups in total. The maximum Gasteiger partial charge on any atom is 0.0665 e. The number of rotatable bonds is 3. The van der Waals surface area contributed by atoms with E-state index < -0.39 is 0 Å². The van der Waals surface area contributed by atoms with Gasteiger partial charge < -0.3 is 5.32 Å². The van der Waals surface area contributed by atoms with Crippen LogP contribution in [0, 0.1) is 6.92 Å². The Labute approximate surface area is 85.8 Å². The Balaban J connectivity index is 2.91. The zero-order valence-electron chi connectivity index (χ0n) is 9.63. The smallest absolute Gasteiger partial charge is 0.0665 e. The van der Waals surface area contributed by atoms with Crippen LogP contribution in [0.5, 0.6) is 0 Å². The lowest BCUT2D eigenvalue weighted by molar-refractivity contribution is 0.696. The molecule has 1 rings (SSSR count). The molecule has 14 heavy (non-hydrogen) atoms. The molecule has 0 aliphatic heterocycles. The molecule has 1 aromatic heterocycles. The van der Waals surface area contributed by atoms with Gasteiger partial charge in [-0.1, -0.05) is 11.6 Å². The summed E-state index contributed by atoms with van der Waals surface area (Å²) in [6.45, 7) is 6.31. The van der Waals surface area contributed by atoms with Gasteiger partial charge in [0.15, 0.2) is 0 Å². The van der Waals surface area contributed by atoms with Crippen molar-refractivity contribution in [1.29, 1.82) is 0 Å². The summed E-state index contributed by atoms with van der Waals surface area (Å²) in [5, 5.41) is 7.52. The molecule has 1 atom stereocenters. The molecular formula is C11H19N3. The predicted octanol–water partition coefficient (Wildman–Crippen LogP) is 1.74. The molecule has 78 valence electrons. The lowest BCUT2D eigenvalue weighted by Crippen LogP contribution is -2.21. The zero-order chi connectivity index (χ0) is 10.7. The van der Waals surface area contributed by atoms with E-state index in [0.717, 1.165) is 5.69 Å². The van der Waals surface area contributed by atoms with E-state index in [0.29, 0.717) is 6.04 Å². The summed E-state index contributed by atoms with van der Waals surface area (Å²) < 4.78 is 1.85. The van der Waals surface area contributed by atoms with Crippen molar-refractivity contribution in [2.24, 2.45) is 7.05 Å². The Bertz CT molecular complexity index is 336. The Hall–Kier alpha value is -1.09. The number of aromatic nitrogens is 2. The zero-order valence-corrected chi connectivity index (χ0v) is 9.63. The van der Waals surface area contributed by atoms with E-state index in [1.54, 1.807) is 0 Å². The number of likely N-dealkylation sites (N-methyl/N-ethyl adjacent to an activating group) is 1. The number of hydrogen-bond acceptors (Lipinski definition) is 2. The van der Waals surface area contributed by atoms with Crippen molar-refractivity contribution in [2.45, 2.75) is 26.8 Å². The Morgan fingerprint density at radius 2 is 2.29 bits per heavy atom. The fourth-order valence-corrected chi connectivity index (χ4v) is 1.36. The first-order valence-electron chi connectivity index (χ1n) is 4.90. The summed E-state index contributed by atoms with van der Waals surface area (Å²) in [5.41, 5.74) is 3.60. The van der Waals surface area contributed by atoms with Gasteiger partial charge in [0.25, 0.3) is 0 Å². The van der Waals surface area contributed by atoms with Crippen LogP contribution in [-0.2, 0) is 7.05 Å². The molecule has 1 aromatic rings. The second-order valence-electron chi connectivity index (χ2n) is 3.74. The van der Waals surface area contributed by atoms with Crippen molar-refractivity contribution in [3.8, 4) is 0 Å². The van der Waals surface area contributed by atoms with Gasteiger partial charge in [0.2, 0.25) is 0 Å². The van der Waals surface area contributed by atoms with Crippen LogP contribution in [0.15, 0.2) is 11.8 Å². The van der Waals surface area contributed by atoms with Crippen molar-refractivity contribution in [3.05, 3.63) is 23.0 Å². The molecule has 0 amide bonds. The standard InChI is InChI=1S/C11H19N3/c1-8(9(2)12-4)6-11-7-14(5)13-10(11)3/h6-7,9,12H,1-5H3. The highest BCUT2D eigenvalue weighted by molar-refractivity contribution is 5.54. The molecule has 1 unspecified atom stereocenters. The maximum atomic E-state index is 4.30. The van der Waals surface area contributed by atoms with Crippen LogP contribution in [0.1, 0.15) is 25.1 Å². The fourth-order valence-electron chi connectivity index (χ4n) is 1.36. The normalized spacial score (nSPS) is 14.5. The summed E-state index contributed by atoms with van der Waals surface area (Å²) in [7, 11) is 3.92. The van der Waals surface area contributed by atoms with Gasteiger partial charge in [0.1, 0.15) is 0 Å². The highest BCUT2D eigenvalue weighted by Gasteiger charge is 2.03. The van der Waals surface area contributed by atoms with Crippen molar-refractivity contribution in [1.82, 2.24) is 15.1 Å². The maximum absolute atomic E-state index is 4.30. The first-order chi connectivity index (χ1) is 6.54. The molecule has 0 bridgehead atoms. The first kappa shape index (κ1) is 11.0. The third kappa shape index (κ3) is 2.45. The van der Waals surface area contributed by atoms with Gasteiger partial charge in [-0.25, -0.2) is 0 Å². The molecule has 0 aliphatic rings. The summed E-state index contributed by atoms with van der Waals surface area (Å²) in [6, 6.07) is 0.412. The molecule has 3 heteroatoms. The van der Waals surface area contributed by atoms with E-state index in [1.165, 1.54) is 11.1 Å². The molecule has 0 aromatic carbocycles. The molecule has 0 saturated carbocycles. The van der Waals surface area contributed by atoms with Crippen LogP contribution in [0.25, 0.3) is 6.08 Å². The Morgan fingerprint density at radius 1 is 1.64 bits per heavy atom. The number of aryl methyl sites for hydroxylation is 2. The molecule has 0 fully saturated rings. The summed E-state index contributed by atoms with van der Waals surface area (Å²) >= 11 is 0. The second kappa shape index (κ2) is 4.42. The summed E-state index contributed by atoms with van der Waals surface area (Å²) in [6.07, 6.45) is 4.23. The number of nitrogens with zero attached hydrogens (tertiary/aromatic N) is 2.